The summed E-state index contributed by atoms with van der Waals surface area (Å²) >= 11 is 0. The van der Waals surface area contributed by atoms with Crippen LogP contribution in [0.4, 0.5) is 0 Å². The van der Waals surface area contributed by atoms with Crippen LogP contribution in [0.15, 0.2) is 48.7 Å². The summed E-state index contributed by atoms with van der Waals surface area (Å²) in [5, 5.41) is 0. The van der Waals surface area contributed by atoms with Crippen molar-refractivity contribution in [1.29, 1.82) is 0 Å². The molecule has 3 aromatic rings. The standard InChI is InChI=1S/C17H18N2O3S/c1-13-15(12-23(2,20)21)19-10-6-9-16(17(19)18-13)22-11-14-7-4-3-5-8-14/h3-10H,11-12H2,1-2H3. The van der Waals surface area contributed by atoms with Crippen molar-refractivity contribution in [2.24, 2.45) is 0 Å². The second-order valence-corrected chi connectivity index (χ2v) is 7.69. The lowest BCUT2D eigenvalue weighted by Gasteiger charge is -2.08. The summed E-state index contributed by atoms with van der Waals surface area (Å²) in [7, 11) is -3.13. The van der Waals surface area contributed by atoms with Crippen LogP contribution in [0.25, 0.3) is 5.65 Å². The molecule has 0 fully saturated rings. The van der Waals surface area contributed by atoms with Crippen LogP contribution >= 0.6 is 0 Å². The Balaban J connectivity index is 1.95. The summed E-state index contributed by atoms with van der Waals surface area (Å²) in [6.45, 7) is 2.25. The zero-order valence-electron chi connectivity index (χ0n) is 13.1. The van der Waals surface area contributed by atoms with Gasteiger partial charge in [-0.1, -0.05) is 30.3 Å². The van der Waals surface area contributed by atoms with E-state index in [4.69, 9.17) is 4.74 Å². The molecule has 2 heterocycles. The highest BCUT2D eigenvalue weighted by molar-refractivity contribution is 7.89. The first-order valence-corrected chi connectivity index (χ1v) is 9.31. The molecule has 0 aliphatic heterocycles. The Morgan fingerprint density at radius 3 is 2.57 bits per heavy atom. The number of hydrogen-bond acceptors (Lipinski definition) is 4. The molecule has 0 spiro atoms. The van der Waals surface area contributed by atoms with E-state index in [-0.39, 0.29) is 5.75 Å². The molecule has 0 aliphatic carbocycles. The molecule has 0 aliphatic rings. The Labute approximate surface area is 135 Å². The highest BCUT2D eigenvalue weighted by atomic mass is 32.2. The van der Waals surface area contributed by atoms with E-state index in [0.29, 0.717) is 29.4 Å². The molecule has 6 heteroatoms. The molecule has 1 aromatic carbocycles. The van der Waals surface area contributed by atoms with Crippen LogP contribution in [-0.4, -0.2) is 24.1 Å². The van der Waals surface area contributed by atoms with Crippen molar-refractivity contribution in [3.8, 4) is 5.75 Å². The summed E-state index contributed by atoms with van der Waals surface area (Å²) in [4.78, 5) is 4.48. The molecule has 0 saturated carbocycles. The predicted molar refractivity (Wildman–Crippen MR) is 89.3 cm³/mol. The van der Waals surface area contributed by atoms with Gasteiger partial charge in [0.05, 0.1) is 17.1 Å². The zero-order valence-corrected chi connectivity index (χ0v) is 13.9. The molecule has 3 rings (SSSR count). The van der Waals surface area contributed by atoms with Crippen molar-refractivity contribution in [2.75, 3.05) is 6.26 Å². The van der Waals surface area contributed by atoms with Crippen LogP contribution in [0.1, 0.15) is 17.0 Å². The fourth-order valence-electron chi connectivity index (χ4n) is 2.48. The number of fused-ring (bicyclic) bond motifs is 1. The predicted octanol–water partition coefficient (Wildman–Crippen LogP) is 2.77. The number of imidazole rings is 1. The normalized spacial score (nSPS) is 11.7. The average molecular weight is 330 g/mol. The van der Waals surface area contributed by atoms with E-state index in [2.05, 4.69) is 4.98 Å². The second-order valence-electron chi connectivity index (χ2n) is 5.55. The van der Waals surface area contributed by atoms with E-state index in [0.717, 1.165) is 5.56 Å². The topological polar surface area (TPSA) is 60.7 Å². The fourth-order valence-corrected chi connectivity index (χ4v) is 3.32. The van der Waals surface area contributed by atoms with Crippen molar-refractivity contribution in [3.63, 3.8) is 0 Å². The monoisotopic (exact) mass is 330 g/mol. The van der Waals surface area contributed by atoms with Gasteiger partial charge < -0.3 is 4.74 Å². The van der Waals surface area contributed by atoms with E-state index < -0.39 is 9.84 Å². The molecular weight excluding hydrogens is 312 g/mol. The number of aryl methyl sites for hydroxylation is 1. The van der Waals surface area contributed by atoms with Gasteiger partial charge in [0.1, 0.15) is 6.61 Å². The number of nitrogens with zero attached hydrogens (tertiary/aromatic N) is 2. The van der Waals surface area contributed by atoms with Crippen molar-refractivity contribution >= 4 is 15.5 Å². The summed E-state index contributed by atoms with van der Waals surface area (Å²) in [6.07, 6.45) is 3.03. The molecule has 23 heavy (non-hydrogen) atoms. The van der Waals surface area contributed by atoms with Crippen LogP contribution in [0.2, 0.25) is 0 Å². The van der Waals surface area contributed by atoms with E-state index in [1.54, 1.807) is 4.40 Å². The smallest absolute Gasteiger partial charge is 0.180 e. The molecule has 120 valence electrons. The quantitative estimate of drug-likeness (QED) is 0.722. The molecule has 0 atom stereocenters. The van der Waals surface area contributed by atoms with Crippen LogP contribution in [-0.2, 0) is 22.2 Å². The number of sulfone groups is 1. The van der Waals surface area contributed by atoms with Crippen molar-refractivity contribution < 1.29 is 13.2 Å². The third-order valence-electron chi connectivity index (χ3n) is 3.55. The van der Waals surface area contributed by atoms with Gasteiger partial charge in [0.15, 0.2) is 21.2 Å². The number of rotatable bonds is 5. The third kappa shape index (κ3) is 3.53. The summed E-state index contributed by atoms with van der Waals surface area (Å²) in [5.74, 6) is 0.599. The van der Waals surface area contributed by atoms with Gasteiger partial charge in [-0.05, 0) is 24.6 Å². The zero-order chi connectivity index (χ0) is 16.4. The highest BCUT2D eigenvalue weighted by Crippen LogP contribution is 2.24. The largest absolute Gasteiger partial charge is 0.485 e. The molecule has 5 nitrogen and oxygen atoms in total. The van der Waals surface area contributed by atoms with Crippen molar-refractivity contribution in [3.05, 3.63) is 65.6 Å². The first-order chi connectivity index (χ1) is 10.9. The molecule has 0 saturated heterocycles. The Hall–Kier alpha value is -2.34. The maximum atomic E-state index is 11.6. The van der Waals surface area contributed by atoms with Crippen LogP contribution < -0.4 is 4.74 Å². The molecule has 0 amide bonds. The minimum atomic E-state index is -3.13. The number of ether oxygens (including phenoxy) is 1. The van der Waals surface area contributed by atoms with Gasteiger partial charge in [0.2, 0.25) is 0 Å². The number of pyridine rings is 1. The Kier molecular flexibility index (Phi) is 4.09. The van der Waals surface area contributed by atoms with Gasteiger partial charge in [0, 0.05) is 12.5 Å². The number of benzene rings is 1. The molecule has 0 unspecified atom stereocenters. The van der Waals surface area contributed by atoms with Gasteiger partial charge in [-0.3, -0.25) is 4.40 Å². The molecule has 2 aromatic heterocycles. The lowest BCUT2D eigenvalue weighted by molar-refractivity contribution is 0.308. The molecule has 0 N–H and O–H groups in total. The van der Waals surface area contributed by atoms with Crippen LogP contribution in [0.3, 0.4) is 0 Å². The first-order valence-electron chi connectivity index (χ1n) is 7.25. The Bertz CT molecular complexity index is 931. The maximum absolute atomic E-state index is 11.6. The minimum absolute atomic E-state index is 0.0395. The minimum Gasteiger partial charge on any atom is -0.485 e. The van der Waals surface area contributed by atoms with Gasteiger partial charge >= 0.3 is 0 Å². The SMILES string of the molecule is Cc1nc2c(OCc3ccccc3)cccn2c1CS(C)(=O)=O. The Morgan fingerprint density at radius 1 is 1.13 bits per heavy atom. The molecule has 0 bridgehead atoms. The van der Waals surface area contributed by atoms with Gasteiger partial charge in [-0.2, -0.15) is 0 Å². The van der Waals surface area contributed by atoms with Crippen molar-refractivity contribution in [2.45, 2.75) is 19.3 Å². The van der Waals surface area contributed by atoms with Crippen molar-refractivity contribution in [1.82, 2.24) is 9.38 Å². The van der Waals surface area contributed by atoms with Crippen LogP contribution in [0, 0.1) is 6.92 Å². The average Bonchev–Trinajstić information content (AvgIpc) is 2.81. The van der Waals surface area contributed by atoms with E-state index in [9.17, 15) is 8.42 Å². The van der Waals surface area contributed by atoms with Crippen LogP contribution in [0.5, 0.6) is 5.75 Å². The number of hydrogen-bond donors (Lipinski definition) is 0. The van der Waals surface area contributed by atoms with E-state index >= 15 is 0 Å². The summed E-state index contributed by atoms with van der Waals surface area (Å²) in [5.41, 5.74) is 3.08. The molecule has 0 radical (unpaired) electrons. The maximum Gasteiger partial charge on any atom is 0.180 e. The Morgan fingerprint density at radius 2 is 1.87 bits per heavy atom. The van der Waals surface area contributed by atoms with Gasteiger partial charge in [-0.25, -0.2) is 13.4 Å². The summed E-state index contributed by atoms with van der Waals surface area (Å²) < 4.78 is 30.9. The summed E-state index contributed by atoms with van der Waals surface area (Å²) in [6, 6.07) is 13.5. The third-order valence-corrected chi connectivity index (χ3v) is 4.35. The van der Waals surface area contributed by atoms with E-state index in [1.165, 1.54) is 6.26 Å². The van der Waals surface area contributed by atoms with Gasteiger partial charge in [-0.15, -0.1) is 0 Å². The lowest BCUT2D eigenvalue weighted by atomic mass is 10.2. The molecular formula is C17H18N2O3S. The lowest BCUT2D eigenvalue weighted by Crippen LogP contribution is -2.05. The van der Waals surface area contributed by atoms with E-state index in [1.807, 2.05) is 55.6 Å². The first kappa shape index (κ1) is 15.6. The number of aromatic nitrogens is 2. The highest BCUT2D eigenvalue weighted by Gasteiger charge is 2.16. The second kappa shape index (κ2) is 6.04. The van der Waals surface area contributed by atoms with Gasteiger partial charge in [0.25, 0.3) is 0 Å². The fraction of sp³-hybridized carbons (Fsp3) is 0.235.